The Morgan fingerprint density at radius 2 is 2.00 bits per heavy atom. The lowest BCUT2D eigenvalue weighted by Gasteiger charge is -2.25. The van der Waals surface area contributed by atoms with Crippen LogP contribution in [0.2, 0.25) is 6.32 Å². The minimum absolute atomic E-state index is 0.00103. The third-order valence-corrected chi connectivity index (χ3v) is 5.58. The number of carbonyl (C=O) groups excluding carboxylic acids is 1. The fourth-order valence-corrected chi connectivity index (χ4v) is 3.88. The van der Waals surface area contributed by atoms with Crippen molar-refractivity contribution in [2.45, 2.75) is 30.7 Å². The van der Waals surface area contributed by atoms with Crippen molar-refractivity contribution in [1.29, 1.82) is 0 Å². The van der Waals surface area contributed by atoms with Crippen LogP contribution in [0.3, 0.4) is 0 Å². The maximum atomic E-state index is 12.3. The van der Waals surface area contributed by atoms with E-state index in [9.17, 15) is 23.1 Å². The predicted molar refractivity (Wildman–Crippen MR) is 87.9 cm³/mol. The Morgan fingerprint density at radius 3 is 2.48 bits per heavy atom. The van der Waals surface area contributed by atoms with Gasteiger partial charge in [0.25, 0.3) is 5.91 Å². The van der Waals surface area contributed by atoms with Gasteiger partial charge >= 0.3 is 23.3 Å². The molecular formula is C11H24BN5O7S. The lowest BCUT2D eigenvalue weighted by molar-refractivity contribution is -0.144. The fourth-order valence-electron chi connectivity index (χ4n) is 2.59. The van der Waals surface area contributed by atoms with Gasteiger partial charge in [0.2, 0.25) is 0 Å². The van der Waals surface area contributed by atoms with E-state index in [-0.39, 0.29) is 32.3 Å². The third kappa shape index (κ3) is 5.34. The summed E-state index contributed by atoms with van der Waals surface area (Å²) in [5.41, 5.74) is 14.6. The first-order valence-electron chi connectivity index (χ1n) is 7.59. The van der Waals surface area contributed by atoms with Crippen molar-refractivity contribution in [2.24, 2.45) is 23.1 Å². The van der Waals surface area contributed by atoms with Gasteiger partial charge in [0.15, 0.2) is 0 Å². The fraction of sp³-hybridized carbons (Fsp3) is 0.818. The van der Waals surface area contributed by atoms with E-state index in [1.165, 1.54) is 0 Å². The molecule has 1 rings (SSSR count). The van der Waals surface area contributed by atoms with Crippen molar-refractivity contribution < 1.29 is 33.2 Å². The lowest BCUT2D eigenvalue weighted by Crippen LogP contribution is -2.56. The molecule has 0 saturated carbocycles. The number of aliphatic carboxylic acids is 1. The molecule has 1 heterocycles. The van der Waals surface area contributed by atoms with Crippen molar-refractivity contribution in [1.82, 2.24) is 9.03 Å². The maximum Gasteiger partial charge on any atom is 0.451 e. The van der Waals surface area contributed by atoms with Gasteiger partial charge < -0.3 is 32.4 Å². The van der Waals surface area contributed by atoms with E-state index in [1.54, 1.807) is 4.72 Å². The zero-order chi connectivity index (χ0) is 19.4. The molecule has 0 aliphatic carbocycles. The number of carboxylic acid groups (broad SMARTS) is 1. The number of nitrogens with two attached hydrogens (primary N) is 3. The molecule has 1 aliphatic rings. The number of rotatable bonds is 9. The van der Waals surface area contributed by atoms with Crippen molar-refractivity contribution in [3.05, 3.63) is 0 Å². The maximum absolute atomic E-state index is 12.3. The second-order valence-corrected chi connectivity index (χ2v) is 7.73. The van der Waals surface area contributed by atoms with Gasteiger partial charge in [-0.25, -0.2) is 4.72 Å². The first-order valence-corrected chi connectivity index (χ1v) is 9.03. The summed E-state index contributed by atoms with van der Waals surface area (Å²) < 4.78 is 27.1. The van der Waals surface area contributed by atoms with Crippen LogP contribution in [0.15, 0.2) is 0 Å². The van der Waals surface area contributed by atoms with Crippen LogP contribution in [0.1, 0.15) is 12.8 Å². The Hall–Kier alpha value is -1.29. The van der Waals surface area contributed by atoms with Crippen LogP contribution in [-0.2, 0) is 19.8 Å². The number of carbonyl (C=O) groups is 2. The quantitative estimate of drug-likeness (QED) is 0.190. The monoisotopic (exact) mass is 381 g/mol. The summed E-state index contributed by atoms with van der Waals surface area (Å²) in [5, 5.41) is 27.1. The minimum atomic E-state index is -4.34. The highest BCUT2D eigenvalue weighted by atomic mass is 32.2. The Kier molecular flexibility index (Phi) is 7.31. The van der Waals surface area contributed by atoms with E-state index in [0.717, 1.165) is 4.31 Å². The van der Waals surface area contributed by atoms with E-state index in [2.05, 4.69) is 0 Å². The molecular weight excluding hydrogens is 357 g/mol. The van der Waals surface area contributed by atoms with E-state index >= 15 is 0 Å². The van der Waals surface area contributed by atoms with Crippen molar-refractivity contribution in [3.63, 3.8) is 0 Å². The van der Waals surface area contributed by atoms with Gasteiger partial charge in [-0.1, -0.05) is 6.42 Å². The van der Waals surface area contributed by atoms with Crippen LogP contribution >= 0.6 is 0 Å². The summed E-state index contributed by atoms with van der Waals surface area (Å²) in [5.74, 6) is -3.16. The molecule has 0 aromatic rings. The van der Waals surface area contributed by atoms with E-state index in [1.807, 2.05) is 0 Å². The zero-order valence-electron chi connectivity index (χ0n) is 13.5. The van der Waals surface area contributed by atoms with E-state index < -0.39 is 53.2 Å². The molecule has 0 bridgehead atoms. The summed E-state index contributed by atoms with van der Waals surface area (Å²) in [4.78, 5) is 23.2. The summed E-state index contributed by atoms with van der Waals surface area (Å²) in [6.07, 6.45) is 0.413. The minimum Gasteiger partial charge on any atom is -0.480 e. The average molecular weight is 381 g/mol. The van der Waals surface area contributed by atoms with Gasteiger partial charge in [0.1, 0.15) is 5.54 Å². The molecule has 14 heteroatoms. The Morgan fingerprint density at radius 1 is 1.40 bits per heavy atom. The first kappa shape index (κ1) is 21.8. The smallest absolute Gasteiger partial charge is 0.451 e. The normalized spacial score (nSPS) is 25.6. The Labute approximate surface area is 145 Å². The van der Waals surface area contributed by atoms with Gasteiger partial charge in [-0.15, -0.1) is 0 Å². The van der Waals surface area contributed by atoms with Crippen LogP contribution in [0.25, 0.3) is 0 Å². The molecule has 1 fully saturated rings. The summed E-state index contributed by atoms with van der Waals surface area (Å²) in [7, 11) is -5.88. The average Bonchev–Trinajstić information content (AvgIpc) is 2.85. The molecule has 3 atom stereocenters. The molecule has 25 heavy (non-hydrogen) atoms. The summed E-state index contributed by atoms with van der Waals surface area (Å²) in [6.45, 7) is -1.02. The Balaban J connectivity index is 2.89. The van der Waals surface area contributed by atoms with E-state index in [4.69, 9.17) is 27.2 Å². The van der Waals surface area contributed by atoms with Crippen LogP contribution in [0, 0.1) is 5.92 Å². The number of amides is 1. The van der Waals surface area contributed by atoms with Crippen LogP contribution in [-0.4, -0.2) is 78.1 Å². The van der Waals surface area contributed by atoms with E-state index in [0.29, 0.717) is 0 Å². The standard InChI is InChI=1S/C11H24BN5O7S/c13-4-8(14)9(18)16-25(23,24)17-5-7(2-1-3-12(21)22)11(15,6-17)10(19)20/h7-8,21-22H,1-6,13-15H2,(H,16,18)(H,19,20)/t7-,8+,11-/m0/s1. The molecule has 1 amide bonds. The number of nitrogens with zero attached hydrogens (tertiary/aromatic N) is 1. The molecule has 0 unspecified atom stereocenters. The van der Waals surface area contributed by atoms with Crippen molar-refractivity contribution in [2.75, 3.05) is 19.6 Å². The number of hydrogen-bond acceptors (Lipinski definition) is 9. The molecule has 0 aromatic carbocycles. The van der Waals surface area contributed by atoms with Crippen molar-refractivity contribution in [3.8, 4) is 0 Å². The number of nitrogens with one attached hydrogen (secondary N) is 1. The van der Waals surface area contributed by atoms with Gasteiger partial charge in [-0.05, 0) is 12.7 Å². The molecule has 1 saturated heterocycles. The predicted octanol–water partition coefficient (Wildman–Crippen LogP) is -4.40. The zero-order valence-corrected chi connectivity index (χ0v) is 14.4. The van der Waals surface area contributed by atoms with Gasteiger partial charge in [-0.3, -0.25) is 9.59 Å². The second kappa shape index (κ2) is 8.40. The topological polar surface area (TPSA) is 222 Å². The summed E-state index contributed by atoms with van der Waals surface area (Å²) in [6, 6.07) is -1.22. The number of carboxylic acids is 1. The highest BCUT2D eigenvalue weighted by molar-refractivity contribution is 7.87. The molecule has 10 N–H and O–H groups in total. The third-order valence-electron chi connectivity index (χ3n) is 4.16. The first-order chi connectivity index (χ1) is 11.4. The second-order valence-electron chi connectivity index (χ2n) is 6.06. The SMILES string of the molecule is NC[C@@H](N)C(=O)NS(=O)(=O)N1C[C@H](CCCB(O)O)[C@](N)(C(=O)O)C1. The molecule has 12 nitrogen and oxygen atoms in total. The van der Waals surface area contributed by atoms with Gasteiger partial charge in [-0.2, -0.15) is 12.7 Å². The Bertz CT molecular complexity index is 604. The molecule has 0 aromatic heterocycles. The van der Waals surface area contributed by atoms with Crippen LogP contribution in [0.5, 0.6) is 0 Å². The largest absolute Gasteiger partial charge is 0.480 e. The molecule has 1 aliphatic heterocycles. The lowest BCUT2D eigenvalue weighted by atomic mass is 9.78. The van der Waals surface area contributed by atoms with Gasteiger partial charge in [0.05, 0.1) is 6.04 Å². The van der Waals surface area contributed by atoms with Crippen LogP contribution in [0.4, 0.5) is 0 Å². The van der Waals surface area contributed by atoms with Gasteiger partial charge in [0, 0.05) is 25.6 Å². The highest BCUT2D eigenvalue weighted by Crippen LogP contribution is 2.31. The molecule has 0 radical (unpaired) electrons. The van der Waals surface area contributed by atoms with Crippen molar-refractivity contribution >= 4 is 29.2 Å². The summed E-state index contributed by atoms with van der Waals surface area (Å²) >= 11 is 0. The van der Waals surface area contributed by atoms with Crippen LogP contribution < -0.4 is 21.9 Å². The molecule has 0 spiro atoms. The highest BCUT2D eigenvalue weighted by Gasteiger charge is 2.52. The number of hydrogen-bond donors (Lipinski definition) is 7. The molecule has 144 valence electrons.